The fraction of sp³-hybridized carbons (Fsp3) is 0.846. The fourth-order valence-electron chi connectivity index (χ4n) is 2.77. The second-order valence-corrected chi connectivity index (χ2v) is 5.36. The average Bonchev–Trinajstić information content (AvgIpc) is 2.40. The molecule has 0 spiro atoms. The summed E-state index contributed by atoms with van der Waals surface area (Å²) in [6.45, 7) is 4.87. The first-order chi connectivity index (χ1) is 8.66. The average molecular weight is 253 g/mol. The topological polar surface area (TPSA) is 61.4 Å². The van der Waals surface area contributed by atoms with Gasteiger partial charge < -0.3 is 15.5 Å². The zero-order chi connectivity index (χ0) is 13.0. The summed E-state index contributed by atoms with van der Waals surface area (Å²) in [5.41, 5.74) is 0. The molecule has 0 aromatic heterocycles. The maximum atomic E-state index is 12.2. The van der Waals surface area contributed by atoms with Crippen molar-refractivity contribution in [1.82, 2.24) is 15.5 Å². The molecule has 5 nitrogen and oxygen atoms in total. The van der Waals surface area contributed by atoms with Gasteiger partial charge in [0.15, 0.2) is 0 Å². The summed E-state index contributed by atoms with van der Waals surface area (Å²) >= 11 is 0. The standard InChI is InChI=1S/C13H23N3O2/c1-10(17)16-7-3-4-11(9-16)13(18)15-12-5-2-6-14-8-12/h11-12,14H,2-9H2,1H3,(H,15,18). The Bertz CT molecular complexity index is 313. The number of nitrogens with zero attached hydrogens (tertiary/aromatic N) is 1. The summed E-state index contributed by atoms with van der Waals surface area (Å²) in [7, 11) is 0. The lowest BCUT2D eigenvalue weighted by Crippen LogP contribution is -2.50. The molecule has 2 amide bonds. The van der Waals surface area contributed by atoms with E-state index in [-0.39, 0.29) is 23.8 Å². The highest BCUT2D eigenvalue weighted by Gasteiger charge is 2.28. The maximum Gasteiger partial charge on any atom is 0.225 e. The highest BCUT2D eigenvalue weighted by molar-refractivity contribution is 5.81. The molecule has 0 bridgehead atoms. The van der Waals surface area contributed by atoms with Crippen molar-refractivity contribution in [3.63, 3.8) is 0 Å². The van der Waals surface area contributed by atoms with Gasteiger partial charge >= 0.3 is 0 Å². The summed E-state index contributed by atoms with van der Waals surface area (Å²) < 4.78 is 0. The first-order valence-electron chi connectivity index (χ1n) is 6.93. The van der Waals surface area contributed by atoms with E-state index < -0.39 is 0 Å². The van der Waals surface area contributed by atoms with Crippen molar-refractivity contribution in [2.24, 2.45) is 5.92 Å². The molecule has 0 aliphatic carbocycles. The van der Waals surface area contributed by atoms with E-state index in [0.717, 1.165) is 45.3 Å². The van der Waals surface area contributed by atoms with Gasteiger partial charge in [0.25, 0.3) is 0 Å². The van der Waals surface area contributed by atoms with Crippen LogP contribution in [0.3, 0.4) is 0 Å². The molecule has 2 heterocycles. The molecular weight excluding hydrogens is 230 g/mol. The molecule has 0 aromatic rings. The van der Waals surface area contributed by atoms with Gasteiger partial charge in [-0.2, -0.15) is 0 Å². The number of nitrogens with one attached hydrogen (secondary N) is 2. The quantitative estimate of drug-likeness (QED) is 0.734. The molecule has 0 aromatic carbocycles. The Morgan fingerprint density at radius 3 is 2.78 bits per heavy atom. The van der Waals surface area contributed by atoms with E-state index in [1.54, 1.807) is 11.8 Å². The van der Waals surface area contributed by atoms with Crippen LogP contribution in [0, 0.1) is 5.92 Å². The van der Waals surface area contributed by atoms with Gasteiger partial charge in [0.1, 0.15) is 0 Å². The van der Waals surface area contributed by atoms with Crippen molar-refractivity contribution in [2.45, 2.75) is 38.6 Å². The summed E-state index contributed by atoms with van der Waals surface area (Å²) in [6, 6.07) is 0.263. The van der Waals surface area contributed by atoms with Crippen LogP contribution in [-0.2, 0) is 9.59 Å². The Labute approximate surface area is 108 Å². The first kappa shape index (κ1) is 13.3. The number of rotatable bonds is 2. The van der Waals surface area contributed by atoms with E-state index in [2.05, 4.69) is 10.6 Å². The number of likely N-dealkylation sites (tertiary alicyclic amines) is 1. The number of hydrogen-bond acceptors (Lipinski definition) is 3. The molecule has 0 saturated carbocycles. The Morgan fingerprint density at radius 2 is 2.11 bits per heavy atom. The third kappa shape index (κ3) is 3.45. The van der Waals surface area contributed by atoms with Crippen molar-refractivity contribution in [3.05, 3.63) is 0 Å². The maximum absolute atomic E-state index is 12.2. The molecule has 2 N–H and O–H groups in total. The number of carbonyl (C=O) groups is 2. The van der Waals surface area contributed by atoms with E-state index in [4.69, 9.17) is 0 Å². The summed E-state index contributed by atoms with van der Waals surface area (Å²) in [5, 5.41) is 6.40. The predicted octanol–water partition coefficient (Wildman–Crippen LogP) is 0.113. The molecule has 2 rings (SSSR count). The summed E-state index contributed by atoms with van der Waals surface area (Å²) in [5.74, 6) is 0.172. The number of piperidine rings is 2. The Morgan fingerprint density at radius 1 is 1.28 bits per heavy atom. The third-order valence-corrected chi connectivity index (χ3v) is 3.88. The molecule has 18 heavy (non-hydrogen) atoms. The van der Waals surface area contributed by atoms with Crippen molar-refractivity contribution in [1.29, 1.82) is 0 Å². The monoisotopic (exact) mass is 253 g/mol. The van der Waals surface area contributed by atoms with Gasteiger partial charge in [-0.15, -0.1) is 0 Å². The van der Waals surface area contributed by atoms with Crippen LogP contribution in [0.4, 0.5) is 0 Å². The van der Waals surface area contributed by atoms with Crippen LogP contribution in [0.25, 0.3) is 0 Å². The van der Waals surface area contributed by atoms with Crippen LogP contribution in [0.2, 0.25) is 0 Å². The van der Waals surface area contributed by atoms with Crippen molar-refractivity contribution < 1.29 is 9.59 Å². The number of hydrogen-bond donors (Lipinski definition) is 2. The van der Waals surface area contributed by atoms with Crippen molar-refractivity contribution >= 4 is 11.8 Å². The molecule has 2 fully saturated rings. The van der Waals surface area contributed by atoms with E-state index in [9.17, 15) is 9.59 Å². The second kappa shape index (κ2) is 6.18. The fourth-order valence-corrected chi connectivity index (χ4v) is 2.77. The van der Waals surface area contributed by atoms with Gasteiger partial charge in [-0.3, -0.25) is 9.59 Å². The highest BCUT2D eigenvalue weighted by atomic mass is 16.2. The molecule has 2 unspecified atom stereocenters. The molecule has 2 aliphatic heterocycles. The lowest BCUT2D eigenvalue weighted by Gasteiger charge is -2.33. The summed E-state index contributed by atoms with van der Waals surface area (Å²) in [6.07, 6.45) is 4.01. The zero-order valence-corrected chi connectivity index (χ0v) is 11.1. The third-order valence-electron chi connectivity index (χ3n) is 3.88. The van der Waals surface area contributed by atoms with E-state index in [0.29, 0.717) is 6.54 Å². The zero-order valence-electron chi connectivity index (χ0n) is 11.1. The highest BCUT2D eigenvalue weighted by Crippen LogP contribution is 2.17. The second-order valence-electron chi connectivity index (χ2n) is 5.36. The minimum Gasteiger partial charge on any atom is -0.352 e. The van der Waals surface area contributed by atoms with Crippen LogP contribution in [0.5, 0.6) is 0 Å². The van der Waals surface area contributed by atoms with Crippen molar-refractivity contribution in [3.8, 4) is 0 Å². The Hall–Kier alpha value is -1.10. The molecule has 2 aliphatic rings. The van der Waals surface area contributed by atoms with Gasteiger partial charge in [-0.05, 0) is 32.2 Å². The molecule has 5 heteroatoms. The van der Waals surface area contributed by atoms with Gasteiger partial charge in [-0.25, -0.2) is 0 Å². The lowest BCUT2D eigenvalue weighted by atomic mass is 9.96. The van der Waals surface area contributed by atoms with Crippen LogP contribution >= 0.6 is 0 Å². The van der Waals surface area contributed by atoms with Gasteiger partial charge in [0.05, 0.1) is 5.92 Å². The van der Waals surface area contributed by atoms with E-state index in [1.165, 1.54) is 0 Å². The van der Waals surface area contributed by atoms with E-state index >= 15 is 0 Å². The first-order valence-corrected chi connectivity index (χ1v) is 6.93. The van der Waals surface area contributed by atoms with Gasteiger partial charge in [-0.1, -0.05) is 0 Å². The molecule has 2 saturated heterocycles. The largest absolute Gasteiger partial charge is 0.352 e. The number of carbonyl (C=O) groups excluding carboxylic acids is 2. The molecule has 102 valence electrons. The summed E-state index contributed by atoms with van der Waals surface area (Å²) in [4.78, 5) is 25.3. The molecule has 2 atom stereocenters. The lowest BCUT2D eigenvalue weighted by molar-refractivity contribution is -0.134. The SMILES string of the molecule is CC(=O)N1CCCC(C(=O)NC2CCCNC2)C1. The Kier molecular flexibility index (Phi) is 4.58. The van der Waals surface area contributed by atoms with Crippen LogP contribution < -0.4 is 10.6 Å². The molecular formula is C13H23N3O2. The minimum absolute atomic E-state index is 0.0235. The number of amides is 2. The van der Waals surface area contributed by atoms with Gasteiger partial charge in [0, 0.05) is 32.6 Å². The van der Waals surface area contributed by atoms with Crippen LogP contribution in [0.1, 0.15) is 32.6 Å². The Balaban J connectivity index is 1.82. The van der Waals surface area contributed by atoms with Crippen LogP contribution in [-0.4, -0.2) is 48.9 Å². The van der Waals surface area contributed by atoms with Crippen molar-refractivity contribution in [2.75, 3.05) is 26.2 Å². The minimum atomic E-state index is -0.0235. The van der Waals surface area contributed by atoms with Gasteiger partial charge in [0.2, 0.25) is 11.8 Å². The molecule has 0 radical (unpaired) electrons. The smallest absolute Gasteiger partial charge is 0.225 e. The van der Waals surface area contributed by atoms with Crippen LogP contribution in [0.15, 0.2) is 0 Å². The predicted molar refractivity (Wildman–Crippen MR) is 69.0 cm³/mol. The van der Waals surface area contributed by atoms with E-state index in [1.807, 2.05) is 0 Å². The normalized spacial score (nSPS) is 28.8.